The number of aryl methyl sites for hydroxylation is 2. The van der Waals surface area contributed by atoms with E-state index in [0.29, 0.717) is 17.3 Å². The lowest BCUT2D eigenvalue weighted by atomic mass is 10.1. The minimum Gasteiger partial charge on any atom is -0.507 e. The first-order chi connectivity index (χ1) is 12.5. The number of likely N-dealkylation sites (N-methyl/N-ethyl adjacent to an activating group) is 1. The van der Waals surface area contributed by atoms with Crippen molar-refractivity contribution in [2.75, 3.05) is 25.5 Å². The average Bonchev–Trinajstić information content (AvgIpc) is 2.98. The molecule has 1 saturated heterocycles. The van der Waals surface area contributed by atoms with Gasteiger partial charge in [-0.3, -0.25) is 0 Å². The molecule has 2 N–H and O–H groups in total. The van der Waals surface area contributed by atoms with Crippen LogP contribution in [-0.4, -0.2) is 51.4 Å². The number of hydrogen-bond donors (Lipinski definition) is 2. The number of fused-ring (bicyclic) bond motifs is 1. The number of nitrogens with zero attached hydrogens (tertiary/aromatic N) is 4. The third kappa shape index (κ3) is 3.24. The van der Waals surface area contributed by atoms with Crippen LogP contribution in [-0.2, 0) is 0 Å². The molecule has 0 amide bonds. The van der Waals surface area contributed by atoms with Gasteiger partial charge in [0, 0.05) is 18.2 Å². The number of aromatic nitrogens is 3. The Kier molecular flexibility index (Phi) is 4.50. The van der Waals surface area contributed by atoms with Crippen LogP contribution in [0.25, 0.3) is 21.5 Å². The van der Waals surface area contributed by atoms with Gasteiger partial charge in [-0.1, -0.05) is 6.07 Å². The third-order valence-electron chi connectivity index (χ3n) is 4.80. The Hall–Kier alpha value is -2.25. The van der Waals surface area contributed by atoms with Gasteiger partial charge in [0.15, 0.2) is 5.82 Å². The highest BCUT2D eigenvalue weighted by molar-refractivity contribution is 7.19. The third-order valence-corrected chi connectivity index (χ3v) is 5.77. The summed E-state index contributed by atoms with van der Waals surface area (Å²) in [4.78, 5) is 7.02. The Morgan fingerprint density at radius 1 is 1.27 bits per heavy atom. The van der Waals surface area contributed by atoms with Crippen LogP contribution >= 0.6 is 11.3 Å². The van der Waals surface area contributed by atoms with Crippen LogP contribution < -0.4 is 5.32 Å². The van der Waals surface area contributed by atoms with E-state index in [-0.39, 0.29) is 5.75 Å². The van der Waals surface area contributed by atoms with Crippen LogP contribution in [0.1, 0.15) is 23.4 Å². The van der Waals surface area contributed by atoms with E-state index in [1.807, 2.05) is 26.0 Å². The van der Waals surface area contributed by atoms with Gasteiger partial charge >= 0.3 is 0 Å². The number of anilines is 1. The molecule has 0 saturated carbocycles. The Balaban J connectivity index is 1.76. The number of aromatic hydroxyl groups is 1. The SMILES string of the molecule is Cc1ccc(-c2nnc(N[C@@H]3CCCN(C)C3)c3nc(C)sc23)c(O)c1. The van der Waals surface area contributed by atoms with Crippen LogP contribution in [0.4, 0.5) is 5.82 Å². The number of rotatable bonds is 3. The van der Waals surface area contributed by atoms with Crippen molar-refractivity contribution in [1.29, 1.82) is 0 Å². The van der Waals surface area contributed by atoms with Gasteiger partial charge in [-0.2, -0.15) is 0 Å². The second kappa shape index (κ2) is 6.81. The Morgan fingerprint density at radius 2 is 2.12 bits per heavy atom. The Morgan fingerprint density at radius 3 is 2.88 bits per heavy atom. The molecule has 6 nitrogen and oxygen atoms in total. The van der Waals surface area contributed by atoms with E-state index >= 15 is 0 Å². The molecule has 1 fully saturated rings. The molecule has 136 valence electrons. The number of phenols is 1. The molecule has 1 aromatic carbocycles. The first kappa shape index (κ1) is 17.2. The highest BCUT2D eigenvalue weighted by atomic mass is 32.1. The van der Waals surface area contributed by atoms with Crippen molar-refractivity contribution in [3.05, 3.63) is 28.8 Å². The van der Waals surface area contributed by atoms with E-state index in [1.54, 1.807) is 17.4 Å². The molecule has 0 bridgehead atoms. The summed E-state index contributed by atoms with van der Waals surface area (Å²) in [6.45, 7) is 6.07. The number of hydrogen-bond acceptors (Lipinski definition) is 7. The van der Waals surface area contributed by atoms with Crippen LogP contribution in [0, 0.1) is 13.8 Å². The van der Waals surface area contributed by atoms with Gasteiger partial charge in [0.05, 0.1) is 9.71 Å². The van der Waals surface area contributed by atoms with Crippen LogP contribution in [0.5, 0.6) is 5.75 Å². The van der Waals surface area contributed by atoms with Gasteiger partial charge in [-0.15, -0.1) is 21.5 Å². The van der Waals surface area contributed by atoms with Gasteiger partial charge in [0.2, 0.25) is 0 Å². The molecule has 2 aromatic heterocycles. The summed E-state index contributed by atoms with van der Waals surface area (Å²) in [5.74, 6) is 0.960. The topological polar surface area (TPSA) is 74.2 Å². The molecule has 26 heavy (non-hydrogen) atoms. The highest BCUT2D eigenvalue weighted by Gasteiger charge is 2.22. The first-order valence-corrected chi connectivity index (χ1v) is 9.72. The second-order valence-electron chi connectivity index (χ2n) is 7.07. The monoisotopic (exact) mass is 369 g/mol. The average molecular weight is 369 g/mol. The van der Waals surface area contributed by atoms with Crippen LogP contribution in [0.2, 0.25) is 0 Å². The molecule has 0 unspecified atom stereocenters. The fourth-order valence-corrected chi connectivity index (χ4v) is 4.45. The van der Waals surface area contributed by atoms with E-state index in [9.17, 15) is 5.11 Å². The Bertz CT molecular complexity index is 954. The molecule has 4 rings (SSSR count). The molecule has 7 heteroatoms. The summed E-state index contributed by atoms with van der Waals surface area (Å²) >= 11 is 1.59. The zero-order chi connectivity index (χ0) is 18.3. The van der Waals surface area contributed by atoms with Gasteiger partial charge in [-0.25, -0.2) is 4.98 Å². The van der Waals surface area contributed by atoms with Crippen molar-refractivity contribution in [3.8, 4) is 17.0 Å². The number of likely N-dealkylation sites (tertiary alicyclic amines) is 1. The van der Waals surface area contributed by atoms with E-state index in [2.05, 4.69) is 32.4 Å². The summed E-state index contributed by atoms with van der Waals surface area (Å²) in [6.07, 6.45) is 2.30. The van der Waals surface area contributed by atoms with Gasteiger partial charge in [0.25, 0.3) is 0 Å². The molecule has 1 aliphatic heterocycles. The van der Waals surface area contributed by atoms with E-state index in [0.717, 1.165) is 46.1 Å². The summed E-state index contributed by atoms with van der Waals surface area (Å²) in [7, 11) is 2.14. The Labute approximate surface area is 156 Å². The number of phenolic OH excluding ortho intramolecular Hbond substituents is 1. The lowest BCUT2D eigenvalue weighted by Gasteiger charge is -2.30. The zero-order valence-electron chi connectivity index (χ0n) is 15.3. The van der Waals surface area contributed by atoms with Crippen molar-refractivity contribution >= 4 is 27.4 Å². The smallest absolute Gasteiger partial charge is 0.176 e. The largest absolute Gasteiger partial charge is 0.507 e. The zero-order valence-corrected chi connectivity index (χ0v) is 16.1. The number of nitrogens with one attached hydrogen (secondary N) is 1. The minimum absolute atomic E-state index is 0.223. The number of benzene rings is 1. The highest BCUT2D eigenvalue weighted by Crippen LogP contribution is 2.38. The maximum Gasteiger partial charge on any atom is 0.176 e. The maximum absolute atomic E-state index is 10.4. The number of piperidine rings is 1. The van der Waals surface area contributed by atoms with E-state index < -0.39 is 0 Å². The summed E-state index contributed by atoms with van der Waals surface area (Å²) in [5, 5.41) is 23.7. The first-order valence-electron chi connectivity index (χ1n) is 8.90. The fourth-order valence-electron chi connectivity index (χ4n) is 3.53. The lowest BCUT2D eigenvalue weighted by molar-refractivity contribution is 0.261. The van der Waals surface area contributed by atoms with Crippen LogP contribution in [0.15, 0.2) is 18.2 Å². The molecule has 0 spiro atoms. The van der Waals surface area contributed by atoms with E-state index in [1.165, 1.54) is 6.42 Å². The van der Waals surface area contributed by atoms with Crippen LogP contribution in [0.3, 0.4) is 0 Å². The lowest BCUT2D eigenvalue weighted by Crippen LogP contribution is -2.40. The minimum atomic E-state index is 0.223. The van der Waals surface area contributed by atoms with Crippen molar-refractivity contribution in [2.24, 2.45) is 0 Å². The predicted molar refractivity (Wildman–Crippen MR) is 106 cm³/mol. The fraction of sp³-hybridized carbons (Fsp3) is 0.421. The van der Waals surface area contributed by atoms with Gasteiger partial charge in [-0.05, 0) is 58.0 Å². The molecule has 3 aromatic rings. The molecule has 1 aliphatic rings. The summed E-state index contributed by atoms with van der Waals surface area (Å²) in [5.41, 5.74) is 3.23. The maximum atomic E-state index is 10.4. The molecule has 0 radical (unpaired) electrons. The normalized spacial score (nSPS) is 18.3. The summed E-state index contributed by atoms with van der Waals surface area (Å²) < 4.78 is 0.961. The molecular weight excluding hydrogens is 346 g/mol. The molecular formula is C19H23N5OS. The van der Waals surface area contributed by atoms with Gasteiger partial charge < -0.3 is 15.3 Å². The van der Waals surface area contributed by atoms with Crippen molar-refractivity contribution < 1.29 is 5.11 Å². The molecule has 1 atom stereocenters. The molecule has 3 heterocycles. The predicted octanol–water partition coefficient (Wildman–Crippen LogP) is 3.58. The quantitative estimate of drug-likeness (QED) is 0.735. The molecule has 0 aliphatic carbocycles. The van der Waals surface area contributed by atoms with Crippen molar-refractivity contribution in [1.82, 2.24) is 20.1 Å². The van der Waals surface area contributed by atoms with Gasteiger partial charge in [0.1, 0.15) is 17.0 Å². The second-order valence-corrected chi connectivity index (χ2v) is 8.28. The summed E-state index contributed by atoms with van der Waals surface area (Å²) in [6, 6.07) is 5.97. The van der Waals surface area contributed by atoms with Crippen molar-refractivity contribution in [3.63, 3.8) is 0 Å². The number of thiazole rings is 1. The van der Waals surface area contributed by atoms with E-state index in [4.69, 9.17) is 0 Å². The standard InChI is InChI=1S/C19H23N5OS/c1-11-6-7-14(15(25)9-11)16-18-17(20-12(2)26-18)19(23-22-16)21-13-5-4-8-24(3)10-13/h6-7,9,13,25H,4-5,8,10H2,1-3H3,(H,21,23)/t13-/m1/s1. The van der Waals surface area contributed by atoms with Crippen molar-refractivity contribution in [2.45, 2.75) is 32.7 Å².